The summed E-state index contributed by atoms with van der Waals surface area (Å²) in [5.74, 6) is -0.568. The van der Waals surface area contributed by atoms with Crippen LogP contribution in [0.3, 0.4) is 0 Å². The number of hydrogen-bond acceptors (Lipinski definition) is 3. The van der Waals surface area contributed by atoms with Crippen LogP contribution < -0.4 is 0 Å². The molecule has 0 amide bonds. The van der Waals surface area contributed by atoms with E-state index in [0.717, 1.165) is 0 Å². The van der Waals surface area contributed by atoms with E-state index < -0.39 is 17.9 Å². The molecule has 0 aromatic carbocycles. The van der Waals surface area contributed by atoms with Crippen LogP contribution in [-0.4, -0.2) is 16.4 Å². The van der Waals surface area contributed by atoms with E-state index in [0.29, 0.717) is 6.29 Å². The van der Waals surface area contributed by atoms with Crippen LogP contribution in [0.4, 0.5) is 8.78 Å². The van der Waals surface area contributed by atoms with Crippen LogP contribution in [0, 0.1) is 3.57 Å². The molecule has 3 nitrogen and oxygen atoms in total. The molecule has 0 saturated carbocycles. The van der Waals surface area contributed by atoms with Gasteiger partial charge in [-0.3, -0.25) is 4.79 Å². The van der Waals surface area contributed by atoms with Crippen molar-refractivity contribution in [3.8, 4) is 5.75 Å². The Morgan fingerprint density at radius 1 is 1.62 bits per heavy atom. The van der Waals surface area contributed by atoms with E-state index in [1.807, 2.05) is 0 Å². The first kappa shape index (κ1) is 10.3. The largest absolute Gasteiger partial charge is 0.505 e. The molecule has 1 N–H and O–H groups in total. The van der Waals surface area contributed by atoms with Gasteiger partial charge in [0.15, 0.2) is 12.0 Å². The van der Waals surface area contributed by atoms with Gasteiger partial charge in [0.1, 0.15) is 11.4 Å². The van der Waals surface area contributed by atoms with Gasteiger partial charge in [-0.25, -0.2) is 13.8 Å². The van der Waals surface area contributed by atoms with Gasteiger partial charge in [-0.15, -0.1) is 0 Å². The molecule has 0 spiro atoms. The third kappa shape index (κ3) is 2.11. The van der Waals surface area contributed by atoms with Crippen molar-refractivity contribution in [3.63, 3.8) is 0 Å². The lowest BCUT2D eigenvalue weighted by Crippen LogP contribution is -1.97. The van der Waals surface area contributed by atoms with Crippen molar-refractivity contribution in [2.45, 2.75) is 6.43 Å². The Balaban J connectivity index is 3.32. The van der Waals surface area contributed by atoms with Gasteiger partial charge in [-0.05, 0) is 28.7 Å². The number of carbonyl (C=O) groups excluding carboxylic acids is 1. The summed E-state index contributed by atoms with van der Waals surface area (Å²) in [6, 6.07) is 1.23. The van der Waals surface area contributed by atoms with Crippen LogP contribution in [-0.2, 0) is 0 Å². The second-order valence-corrected chi connectivity index (χ2v) is 3.34. The second-order valence-electron chi connectivity index (χ2n) is 2.18. The molecule has 0 unspecified atom stereocenters. The second kappa shape index (κ2) is 3.95. The highest BCUT2D eigenvalue weighted by molar-refractivity contribution is 14.1. The van der Waals surface area contributed by atoms with Crippen LogP contribution in [0.1, 0.15) is 22.6 Å². The summed E-state index contributed by atoms with van der Waals surface area (Å²) in [5.41, 5.74) is -0.869. The average molecular weight is 299 g/mol. The quantitative estimate of drug-likeness (QED) is 0.672. The Bertz CT molecular complexity index is 344. The first-order valence-electron chi connectivity index (χ1n) is 3.19. The Morgan fingerprint density at radius 2 is 2.23 bits per heavy atom. The number of halogens is 3. The molecule has 0 aliphatic carbocycles. The maximum Gasteiger partial charge on any atom is 0.284 e. The van der Waals surface area contributed by atoms with Crippen molar-refractivity contribution < 1.29 is 18.7 Å². The summed E-state index contributed by atoms with van der Waals surface area (Å²) in [6.07, 6.45) is -2.53. The van der Waals surface area contributed by atoms with Gasteiger partial charge in [-0.1, -0.05) is 0 Å². The molecule has 0 aliphatic rings. The van der Waals surface area contributed by atoms with Crippen LogP contribution in [0.2, 0.25) is 0 Å². The van der Waals surface area contributed by atoms with Gasteiger partial charge in [0.05, 0.1) is 3.57 Å². The van der Waals surface area contributed by atoms with E-state index in [-0.39, 0.29) is 9.26 Å². The van der Waals surface area contributed by atoms with Crippen molar-refractivity contribution in [1.29, 1.82) is 0 Å². The lowest BCUT2D eigenvalue weighted by molar-refractivity contribution is 0.111. The third-order valence-corrected chi connectivity index (χ3v) is 2.14. The Labute approximate surface area is 85.9 Å². The van der Waals surface area contributed by atoms with E-state index in [2.05, 4.69) is 4.98 Å². The predicted octanol–water partition coefficient (Wildman–Crippen LogP) is 2.14. The fourth-order valence-corrected chi connectivity index (χ4v) is 1.35. The zero-order chi connectivity index (χ0) is 10.0. The molecule has 13 heavy (non-hydrogen) atoms. The Morgan fingerprint density at radius 3 is 2.69 bits per heavy atom. The minimum atomic E-state index is -2.88. The first-order valence-corrected chi connectivity index (χ1v) is 4.27. The number of aromatic nitrogens is 1. The third-order valence-electron chi connectivity index (χ3n) is 1.32. The number of nitrogens with zero attached hydrogens (tertiary/aromatic N) is 1. The van der Waals surface area contributed by atoms with E-state index in [4.69, 9.17) is 5.11 Å². The molecule has 1 aromatic rings. The number of alkyl halides is 2. The summed E-state index contributed by atoms with van der Waals surface area (Å²) >= 11 is 1.65. The number of rotatable bonds is 2. The van der Waals surface area contributed by atoms with Crippen molar-refractivity contribution in [1.82, 2.24) is 4.98 Å². The van der Waals surface area contributed by atoms with Crippen molar-refractivity contribution >= 4 is 28.9 Å². The number of pyridine rings is 1. The highest BCUT2D eigenvalue weighted by Gasteiger charge is 2.18. The summed E-state index contributed by atoms with van der Waals surface area (Å²) in [4.78, 5) is 13.5. The van der Waals surface area contributed by atoms with E-state index in [9.17, 15) is 13.6 Å². The molecule has 0 aliphatic heterocycles. The highest BCUT2D eigenvalue weighted by atomic mass is 127. The first-order chi connectivity index (χ1) is 6.06. The summed E-state index contributed by atoms with van der Waals surface area (Å²) in [5, 5.41) is 9.12. The van der Waals surface area contributed by atoms with Gasteiger partial charge >= 0.3 is 0 Å². The summed E-state index contributed by atoms with van der Waals surface area (Å²) in [6.45, 7) is 0. The molecule has 70 valence electrons. The molecule has 0 fully saturated rings. The van der Waals surface area contributed by atoms with Crippen molar-refractivity contribution in [2.75, 3.05) is 0 Å². The van der Waals surface area contributed by atoms with Crippen LogP contribution in [0.5, 0.6) is 5.75 Å². The number of aromatic hydroxyl groups is 1. The normalized spacial score (nSPS) is 10.5. The van der Waals surface area contributed by atoms with Gasteiger partial charge in [0.2, 0.25) is 0 Å². The molecule has 1 rings (SSSR count). The molecular weight excluding hydrogens is 295 g/mol. The standard InChI is InChI=1S/C7H4F2INO2/c8-7(9)5-6(13)4(10)1-3(2-12)11-5/h1-2,7,13H. The molecule has 0 radical (unpaired) electrons. The predicted molar refractivity (Wildman–Crippen MR) is 49.0 cm³/mol. The van der Waals surface area contributed by atoms with Gasteiger partial charge in [0.25, 0.3) is 6.43 Å². The molecule has 1 aromatic heterocycles. The summed E-state index contributed by atoms with van der Waals surface area (Å²) in [7, 11) is 0. The Hall–Kier alpha value is -0.790. The van der Waals surface area contributed by atoms with Crippen molar-refractivity contribution in [2.24, 2.45) is 0 Å². The summed E-state index contributed by atoms with van der Waals surface area (Å²) < 4.78 is 24.6. The number of hydrogen-bond donors (Lipinski definition) is 1. The smallest absolute Gasteiger partial charge is 0.284 e. The van der Waals surface area contributed by atoms with Crippen LogP contribution in [0.15, 0.2) is 6.07 Å². The number of carbonyl (C=O) groups is 1. The van der Waals surface area contributed by atoms with Gasteiger partial charge < -0.3 is 5.11 Å². The molecule has 6 heteroatoms. The van der Waals surface area contributed by atoms with E-state index in [1.54, 1.807) is 22.6 Å². The monoisotopic (exact) mass is 299 g/mol. The minimum absolute atomic E-state index is 0.113. The molecule has 0 saturated heterocycles. The minimum Gasteiger partial charge on any atom is -0.505 e. The maximum absolute atomic E-state index is 12.2. The van der Waals surface area contributed by atoms with Crippen LogP contribution >= 0.6 is 22.6 Å². The van der Waals surface area contributed by atoms with E-state index >= 15 is 0 Å². The molecular formula is C7H4F2INO2. The van der Waals surface area contributed by atoms with Gasteiger partial charge in [-0.2, -0.15) is 0 Å². The zero-order valence-corrected chi connectivity index (χ0v) is 8.33. The van der Waals surface area contributed by atoms with Gasteiger partial charge in [0, 0.05) is 0 Å². The Kier molecular flexibility index (Phi) is 3.12. The van der Waals surface area contributed by atoms with Crippen LogP contribution in [0.25, 0.3) is 0 Å². The average Bonchev–Trinajstić information content (AvgIpc) is 2.09. The molecule has 1 heterocycles. The maximum atomic E-state index is 12.2. The zero-order valence-electron chi connectivity index (χ0n) is 6.17. The number of aldehydes is 1. The fraction of sp³-hybridized carbons (Fsp3) is 0.143. The lowest BCUT2D eigenvalue weighted by Gasteiger charge is -2.04. The SMILES string of the molecule is O=Cc1cc(I)c(O)c(C(F)F)n1. The molecule has 0 atom stereocenters. The van der Waals surface area contributed by atoms with E-state index in [1.165, 1.54) is 6.07 Å². The highest BCUT2D eigenvalue weighted by Crippen LogP contribution is 2.30. The lowest BCUT2D eigenvalue weighted by atomic mass is 10.3. The fourth-order valence-electron chi connectivity index (χ4n) is 0.757. The van der Waals surface area contributed by atoms with Crippen molar-refractivity contribution in [3.05, 3.63) is 21.0 Å². The molecule has 0 bridgehead atoms. The topological polar surface area (TPSA) is 50.2 Å².